The summed E-state index contributed by atoms with van der Waals surface area (Å²) in [5, 5.41) is 0.400. The third-order valence-electron chi connectivity index (χ3n) is 2.12. The molecule has 0 spiro atoms. The van der Waals surface area contributed by atoms with Crippen LogP contribution in [0.4, 0.5) is 4.39 Å². The maximum atomic E-state index is 13.1. The van der Waals surface area contributed by atoms with Gasteiger partial charge in [0.05, 0.1) is 5.02 Å². The summed E-state index contributed by atoms with van der Waals surface area (Å²) >= 11 is 10.9. The van der Waals surface area contributed by atoms with E-state index in [2.05, 4.69) is 15.9 Å². The van der Waals surface area contributed by atoms with Crippen molar-refractivity contribution in [2.24, 2.45) is 5.73 Å². The third-order valence-corrected chi connectivity index (χ3v) is 4.16. The van der Waals surface area contributed by atoms with E-state index in [0.29, 0.717) is 16.0 Å². The first-order chi connectivity index (χ1) is 7.61. The summed E-state index contributed by atoms with van der Waals surface area (Å²) in [4.78, 5) is 2.06. The number of hydrogen-bond acceptors (Lipinski definition) is 2. The van der Waals surface area contributed by atoms with E-state index in [1.807, 2.05) is 12.1 Å². The smallest absolute Gasteiger partial charge is 0.125 e. The Morgan fingerprint density at radius 1 is 1.38 bits per heavy atom. The molecule has 1 nitrogen and oxygen atoms in total. The second-order valence-electron chi connectivity index (χ2n) is 3.21. The molecular formula is C11H8BrClFNS. The van der Waals surface area contributed by atoms with E-state index in [0.717, 1.165) is 15.3 Å². The molecule has 0 aliphatic carbocycles. The molecule has 1 heterocycles. The fourth-order valence-corrected chi connectivity index (χ4v) is 3.61. The molecule has 84 valence electrons. The quantitative estimate of drug-likeness (QED) is 0.870. The van der Waals surface area contributed by atoms with Crippen LogP contribution < -0.4 is 5.73 Å². The Morgan fingerprint density at radius 3 is 2.69 bits per heavy atom. The second-order valence-corrected chi connectivity index (χ2v) is 5.64. The van der Waals surface area contributed by atoms with Gasteiger partial charge in [0.2, 0.25) is 0 Å². The van der Waals surface area contributed by atoms with Crippen molar-refractivity contribution in [3.05, 3.63) is 44.5 Å². The highest BCUT2D eigenvalue weighted by Gasteiger charge is 2.12. The van der Waals surface area contributed by atoms with Crippen molar-refractivity contribution in [2.75, 3.05) is 0 Å². The van der Waals surface area contributed by atoms with Gasteiger partial charge in [-0.25, -0.2) is 4.39 Å². The van der Waals surface area contributed by atoms with E-state index in [1.54, 1.807) is 11.3 Å². The van der Waals surface area contributed by atoms with Crippen LogP contribution in [0.5, 0.6) is 0 Å². The van der Waals surface area contributed by atoms with Crippen LogP contribution in [0, 0.1) is 5.82 Å². The van der Waals surface area contributed by atoms with Gasteiger partial charge in [-0.15, -0.1) is 11.3 Å². The third kappa shape index (κ3) is 2.30. The van der Waals surface area contributed by atoms with Crippen molar-refractivity contribution >= 4 is 38.9 Å². The minimum absolute atomic E-state index is 0.351. The largest absolute Gasteiger partial charge is 0.326 e. The molecule has 0 aliphatic rings. The molecule has 0 atom stereocenters. The summed E-state index contributed by atoms with van der Waals surface area (Å²) in [6.07, 6.45) is 0. The van der Waals surface area contributed by atoms with E-state index in [-0.39, 0.29) is 5.82 Å². The molecule has 2 N–H and O–H groups in total. The topological polar surface area (TPSA) is 26.0 Å². The van der Waals surface area contributed by atoms with E-state index in [1.165, 1.54) is 12.1 Å². The van der Waals surface area contributed by atoms with Gasteiger partial charge in [-0.3, -0.25) is 0 Å². The fraction of sp³-hybridized carbons (Fsp3) is 0.0909. The standard InChI is InChI=1S/C11H8BrClFNS/c12-8-3-6(14)4-9(13)11(8)10-2-1-7(5-15)16-10/h1-4H,5,15H2. The van der Waals surface area contributed by atoms with Crippen LogP contribution in [0.25, 0.3) is 10.4 Å². The zero-order valence-corrected chi connectivity index (χ0v) is 11.3. The van der Waals surface area contributed by atoms with Gasteiger partial charge in [0.25, 0.3) is 0 Å². The van der Waals surface area contributed by atoms with Crippen LogP contribution in [-0.2, 0) is 6.54 Å². The predicted octanol–water partition coefficient (Wildman–Crippen LogP) is 4.43. The van der Waals surface area contributed by atoms with Crippen molar-refractivity contribution < 1.29 is 4.39 Å². The van der Waals surface area contributed by atoms with Gasteiger partial charge in [-0.05, 0) is 40.2 Å². The molecule has 1 aromatic heterocycles. The molecule has 1 aromatic carbocycles. The highest BCUT2D eigenvalue weighted by atomic mass is 79.9. The molecule has 0 bridgehead atoms. The average Bonchev–Trinajstić information content (AvgIpc) is 2.64. The molecule has 0 radical (unpaired) electrons. The van der Waals surface area contributed by atoms with Crippen LogP contribution in [0.2, 0.25) is 5.02 Å². The van der Waals surface area contributed by atoms with Crippen molar-refractivity contribution in [1.82, 2.24) is 0 Å². The highest BCUT2D eigenvalue weighted by Crippen LogP contribution is 2.39. The minimum atomic E-state index is -0.351. The lowest BCUT2D eigenvalue weighted by Crippen LogP contribution is -1.91. The zero-order chi connectivity index (χ0) is 11.7. The molecule has 5 heteroatoms. The normalized spacial score (nSPS) is 10.8. The molecule has 0 saturated heterocycles. The van der Waals surface area contributed by atoms with Crippen LogP contribution in [-0.4, -0.2) is 0 Å². The Labute approximate surface area is 110 Å². The van der Waals surface area contributed by atoms with Crippen molar-refractivity contribution in [3.63, 3.8) is 0 Å². The number of nitrogens with two attached hydrogens (primary N) is 1. The molecule has 16 heavy (non-hydrogen) atoms. The Morgan fingerprint density at radius 2 is 2.12 bits per heavy atom. The van der Waals surface area contributed by atoms with Crippen LogP contribution in [0.3, 0.4) is 0 Å². The second kappa shape index (κ2) is 4.84. The first kappa shape index (κ1) is 12.0. The Kier molecular flexibility index (Phi) is 3.64. The zero-order valence-electron chi connectivity index (χ0n) is 8.14. The summed E-state index contributed by atoms with van der Waals surface area (Å²) in [6, 6.07) is 6.61. The fourth-order valence-electron chi connectivity index (χ4n) is 1.40. The number of hydrogen-bond donors (Lipinski definition) is 1. The molecule has 0 unspecified atom stereocenters. The van der Waals surface area contributed by atoms with Gasteiger partial charge < -0.3 is 5.73 Å². The number of thiophene rings is 1. The van der Waals surface area contributed by atoms with E-state index >= 15 is 0 Å². The van der Waals surface area contributed by atoms with Crippen molar-refractivity contribution in [1.29, 1.82) is 0 Å². The highest BCUT2D eigenvalue weighted by molar-refractivity contribution is 9.10. The minimum Gasteiger partial charge on any atom is -0.326 e. The van der Waals surface area contributed by atoms with Crippen molar-refractivity contribution in [2.45, 2.75) is 6.54 Å². The van der Waals surface area contributed by atoms with Gasteiger partial charge in [0, 0.05) is 26.3 Å². The predicted molar refractivity (Wildman–Crippen MR) is 70.3 cm³/mol. The monoisotopic (exact) mass is 319 g/mol. The molecule has 2 aromatic rings. The van der Waals surface area contributed by atoms with E-state index in [9.17, 15) is 4.39 Å². The lowest BCUT2D eigenvalue weighted by Gasteiger charge is -2.04. The maximum absolute atomic E-state index is 13.1. The van der Waals surface area contributed by atoms with Crippen LogP contribution in [0.1, 0.15) is 4.88 Å². The van der Waals surface area contributed by atoms with Crippen molar-refractivity contribution in [3.8, 4) is 10.4 Å². The van der Waals surface area contributed by atoms with Crippen LogP contribution >= 0.6 is 38.9 Å². The summed E-state index contributed by atoms with van der Waals surface area (Å²) in [7, 11) is 0. The van der Waals surface area contributed by atoms with Gasteiger partial charge in [-0.2, -0.15) is 0 Å². The molecule has 2 rings (SSSR count). The number of rotatable bonds is 2. The molecular weight excluding hydrogens is 313 g/mol. The van der Waals surface area contributed by atoms with Gasteiger partial charge in [0.15, 0.2) is 0 Å². The molecule has 0 aliphatic heterocycles. The Bertz CT molecular complexity index is 503. The lowest BCUT2D eigenvalue weighted by atomic mass is 10.2. The first-order valence-electron chi connectivity index (χ1n) is 4.55. The summed E-state index contributed by atoms with van der Waals surface area (Å²) in [6.45, 7) is 0.501. The van der Waals surface area contributed by atoms with Gasteiger partial charge in [-0.1, -0.05) is 11.6 Å². The Hall–Kier alpha value is -0.420. The number of halogens is 3. The summed E-state index contributed by atoms with van der Waals surface area (Å²) in [5.41, 5.74) is 6.36. The molecule has 0 fully saturated rings. The molecule has 0 amide bonds. The lowest BCUT2D eigenvalue weighted by molar-refractivity contribution is 0.627. The van der Waals surface area contributed by atoms with Gasteiger partial charge in [0.1, 0.15) is 5.82 Å². The first-order valence-corrected chi connectivity index (χ1v) is 6.54. The average molecular weight is 321 g/mol. The maximum Gasteiger partial charge on any atom is 0.125 e. The summed E-state index contributed by atoms with van der Waals surface area (Å²) in [5.74, 6) is -0.351. The van der Waals surface area contributed by atoms with Crippen LogP contribution in [0.15, 0.2) is 28.7 Å². The summed E-state index contributed by atoms with van der Waals surface area (Å²) < 4.78 is 13.7. The SMILES string of the molecule is NCc1ccc(-c2c(Cl)cc(F)cc2Br)s1. The molecule has 0 saturated carbocycles. The Balaban J connectivity index is 2.55. The van der Waals surface area contributed by atoms with E-state index in [4.69, 9.17) is 17.3 Å². The van der Waals surface area contributed by atoms with E-state index < -0.39 is 0 Å². The van der Waals surface area contributed by atoms with Gasteiger partial charge >= 0.3 is 0 Å². The number of benzene rings is 1.